The van der Waals surface area contributed by atoms with Gasteiger partial charge in [0.05, 0.1) is 7.11 Å². The third-order valence-electron chi connectivity index (χ3n) is 4.22. The summed E-state index contributed by atoms with van der Waals surface area (Å²) >= 11 is 5.93. The molecule has 28 heavy (non-hydrogen) atoms. The van der Waals surface area contributed by atoms with Crippen molar-refractivity contribution >= 4 is 17.5 Å². The molecule has 0 spiro atoms. The van der Waals surface area contributed by atoms with Crippen LogP contribution < -0.4 is 14.8 Å². The van der Waals surface area contributed by atoms with Crippen LogP contribution in [0.25, 0.3) is 0 Å². The number of nitrogens with one attached hydrogen (secondary N) is 1. The minimum Gasteiger partial charge on any atom is -0.493 e. The highest BCUT2D eigenvalue weighted by molar-refractivity contribution is 6.30. The van der Waals surface area contributed by atoms with Crippen LogP contribution in [0.3, 0.4) is 0 Å². The number of hydrogen-bond donors (Lipinski definition) is 1. The number of carbonyl (C=O) groups excluding carboxylic acids is 1. The Morgan fingerprint density at radius 2 is 1.96 bits per heavy atom. The molecular weight excluding hydrogens is 380 g/mol. The first-order valence-corrected chi connectivity index (χ1v) is 9.19. The molecular formula is C21H21ClN2O4. The minimum absolute atomic E-state index is 0.110. The third-order valence-corrected chi connectivity index (χ3v) is 4.46. The maximum Gasteiger partial charge on any atom is 0.273 e. The van der Waals surface area contributed by atoms with Gasteiger partial charge in [0.2, 0.25) is 0 Å². The van der Waals surface area contributed by atoms with Crippen molar-refractivity contribution in [2.24, 2.45) is 0 Å². The molecule has 7 heteroatoms. The minimum atomic E-state index is -0.290. The van der Waals surface area contributed by atoms with Crippen LogP contribution in [0, 0.1) is 0 Å². The molecule has 0 fully saturated rings. The number of hydrogen-bond acceptors (Lipinski definition) is 5. The van der Waals surface area contributed by atoms with E-state index >= 15 is 0 Å². The van der Waals surface area contributed by atoms with Gasteiger partial charge in [-0.2, -0.15) is 0 Å². The summed E-state index contributed by atoms with van der Waals surface area (Å²) in [6.07, 6.45) is 0. The fraction of sp³-hybridized carbons (Fsp3) is 0.238. The van der Waals surface area contributed by atoms with E-state index in [2.05, 4.69) is 17.4 Å². The molecule has 0 radical (unpaired) electrons. The fourth-order valence-corrected chi connectivity index (χ4v) is 2.80. The monoisotopic (exact) mass is 400 g/mol. The van der Waals surface area contributed by atoms with Crippen LogP contribution in [0.2, 0.25) is 5.02 Å². The van der Waals surface area contributed by atoms with E-state index in [9.17, 15) is 4.79 Å². The second-order valence-electron chi connectivity index (χ2n) is 6.28. The quantitative estimate of drug-likeness (QED) is 0.604. The number of ether oxygens (including phenoxy) is 2. The van der Waals surface area contributed by atoms with E-state index in [1.54, 1.807) is 24.3 Å². The summed E-state index contributed by atoms with van der Waals surface area (Å²) in [5, 5.41) is 7.24. The van der Waals surface area contributed by atoms with Gasteiger partial charge in [0.15, 0.2) is 23.0 Å². The molecule has 1 atom stereocenters. The topological polar surface area (TPSA) is 73.6 Å². The molecule has 146 valence electrons. The molecule has 0 bridgehead atoms. The highest BCUT2D eigenvalue weighted by Gasteiger charge is 2.15. The predicted octanol–water partition coefficient (Wildman–Crippen LogP) is 4.45. The highest BCUT2D eigenvalue weighted by Crippen LogP contribution is 2.30. The van der Waals surface area contributed by atoms with Crippen LogP contribution >= 0.6 is 11.6 Å². The largest absolute Gasteiger partial charge is 0.493 e. The number of amides is 1. The molecule has 0 aliphatic heterocycles. The van der Waals surface area contributed by atoms with E-state index < -0.39 is 0 Å². The molecule has 3 rings (SSSR count). The zero-order valence-corrected chi connectivity index (χ0v) is 16.4. The summed E-state index contributed by atoms with van der Waals surface area (Å²) < 4.78 is 16.1. The third kappa shape index (κ3) is 5.04. The van der Waals surface area contributed by atoms with Gasteiger partial charge in [-0.25, -0.2) is 0 Å². The zero-order chi connectivity index (χ0) is 19.9. The lowest BCUT2D eigenvalue weighted by Crippen LogP contribution is -2.27. The van der Waals surface area contributed by atoms with Crippen molar-refractivity contribution in [2.45, 2.75) is 19.4 Å². The fourth-order valence-electron chi connectivity index (χ4n) is 2.63. The molecule has 1 aromatic heterocycles. The Morgan fingerprint density at radius 1 is 1.18 bits per heavy atom. The van der Waals surface area contributed by atoms with Crippen LogP contribution in [0.15, 0.2) is 59.1 Å². The summed E-state index contributed by atoms with van der Waals surface area (Å²) in [5.41, 5.74) is 1.37. The van der Waals surface area contributed by atoms with Gasteiger partial charge in [-0.15, -0.1) is 0 Å². The molecule has 0 unspecified atom stereocenters. The number of methoxy groups -OCH3 is 1. The Morgan fingerprint density at radius 3 is 2.71 bits per heavy atom. The lowest BCUT2D eigenvalue weighted by molar-refractivity contribution is 0.0942. The van der Waals surface area contributed by atoms with Gasteiger partial charge in [-0.05, 0) is 23.6 Å². The molecule has 3 aromatic rings. The van der Waals surface area contributed by atoms with Crippen LogP contribution in [0.4, 0.5) is 0 Å². The van der Waals surface area contributed by atoms with E-state index in [0.29, 0.717) is 28.8 Å². The van der Waals surface area contributed by atoms with Crippen LogP contribution in [-0.2, 0) is 6.61 Å². The summed E-state index contributed by atoms with van der Waals surface area (Å²) in [4.78, 5) is 12.3. The first kappa shape index (κ1) is 19.8. The van der Waals surface area contributed by atoms with E-state index in [0.717, 1.165) is 5.56 Å². The van der Waals surface area contributed by atoms with Crippen molar-refractivity contribution in [2.75, 3.05) is 13.7 Å². The van der Waals surface area contributed by atoms with Gasteiger partial charge in [0, 0.05) is 23.7 Å². The number of rotatable bonds is 8. The number of benzene rings is 2. The Kier molecular flexibility index (Phi) is 6.55. The first-order chi connectivity index (χ1) is 13.6. The molecule has 0 aliphatic rings. The predicted molar refractivity (Wildman–Crippen MR) is 106 cm³/mol. The van der Waals surface area contributed by atoms with Gasteiger partial charge in [0.25, 0.3) is 5.91 Å². The SMILES string of the molecule is COc1cc(Cl)ccc1OCc1cc(C(=O)NC[C@H](C)c2ccccc2)no1. The molecule has 2 aromatic carbocycles. The lowest BCUT2D eigenvalue weighted by atomic mass is 10.0. The molecule has 1 heterocycles. The Labute approximate surface area is 168 Å². The number of halogens is 1. The van der Waals surface area contributed by atoms with Crippen molar-refractivity contribution in [1.82, 2.24) is 10.5 Å². The van der Waals surface area contributed by atoms with Crippen LogP contribution in [-0.4, -0.2) is 24.7 Å². The summed E-state index contributed by atoms with van der Waals surface area (Å²) in [5.74, 6) is 1.36. The lowest BCUT2D eigenvalue weighted by Gasteiger charge is -2.12. The van der Waals surface area contributed by atoms with Crippen LogP contribution in [0.1, 0.15) is 34.7 Å². The second-order valence-corrected chi connectivity index (χ2v) is 6.72. The van der Waals surface area contributed by atoms with Gasteiger partial charge in [0.1, 0.15) is 6.61 Å². The van der Waals surface area contributed by atoms with E-state index in [1.165, 1.54) is 7.11 Å². The highest BCUT2D eigenvalue weighted by atomic mass is 35.5. The first-order valence-electron chi connectivity index (χ1n) is 8.82. The average molecular weight is 401 g/mol. The molecule has 1 amide bonds. The standard InChI is InChI=1S/C21H21ClN2O4/c1-14(15-6-4-3-5-7-15)12-23-21(25)18-11-17(28-24-18)13-27-19-9-8-16(22)10-20(19)26-2/h3-11,14H,12-13H2,1-2H3,(H,23,25)/t14-/m0/s1. The number of carbonyl (C=O) groups is 1. The van der Waals surface area contributed by atoms with E-state index in [1.807, 2.05) is 30.3 Å². The zero-order valence-electron chi connectivity index (χ0n) is 15.6. The van der Waals surface area contributed by atoms with Gasteiger partial charge >= 0.3 is 0 Å². The van der Waals surface area contributed by atoms with Gasteiger partial charge in [-0.3, -0.25) is 4.79 Å². The molecule has 0 saturated carbocycles. The summed E-state index contributed by atoms with van der Waals surface area (Å²) in [6, 6.07) is 16.6. The Balaban J connectivity index is 1.54. The van der Waals surface area contributed by atoms with Crippen molar-refractivity contribution in [3.63, 3.8) is 0 Å². The van der Waals surface area contributed by atoms with E-state index in [4.69, 9.17) is 25.6 Å². The molecule has 1 N–H and O–H groups in total. The normalized spacial score (nSPS) is 11.7. The Bertz CT molecular complexity index is 927. The smallest absolute Gasteiger partial charge is 0.273 e. The second kappa shape index (κ2) is 9.28. The Hall–Kier alpha value is -2.99. The molecule has 6 nitrogen and oxygen atoms in total. The maximum absolute atomic E-state index is 12.3. The van der Waals surface area contributed by atoms with Crippen molar-refractivity contribution in [3.05, 3.63) is 76.6 Å². The summed E-state index contributed by atoms with van der Waals surface area (Å²) in [6.45, 7) is 2.67. The summed E-state index contributed by atoms with van der Waals surface area (Å²) in [7, 11) is 1.53. The maximum atomic E-state index is 12.3. The van der Waals surface area contributed by atoms with Gasteiger partial charge < -0.3 is 19.3 Å². The van der Waals surface area contributed by atoms with Crippen molar-refractivity contribution in [3.8, 4) is 11.5 Å². The average Bonchev–Trinajstić information content (AvgIpc) is 3.20. The molecule has 0 aliphatic carbocycles. The number of aromatic nitrogens is 1. The van der Waals surface area contributed by atoms with Crippen molar-refractivity contribution < 1.29 is 18.8 Å². The number of nitrogens with zero attached hydrogens (tertiary/aromatic N) is 1. The van der Waals surface area contributed by atoms with Gasteiger partial charge in [-0.1, -0.05) is 54.0 Å². The molecule has 0 saturated heterocycles. The van der Waals surface area contributed by atoms with Crippen molar-refractivity contribution in [1.29, 1.82) is 0 Å². The van der Waals surface area contributed by atoms with E-state index in [-0.39, 0.29) is 24.1 Å². The van der Waals surface area contributed by atoms with Crippen LogP contribution in [0.5, 0.6) is 11.5 Å².